The van der Waals surface area contributed by atoms with Gasteiger partial charge >= 0.3 is 0 Å². The van der Waals surface area contributed by atoms with Gasteiger partial charge in [-0.1, -0.05) is 24.3 Å². The molecule has 2 N–H and O–H groups in total. The number of amides is 2. The van der Waals surface area contributed by atoms with Gasteiger partial charge in [-0.2, -0.15) is 0 Å². The lowest BCUT2D eigenvalue weighted by Crippen LogP contribution is -2.47. The zero-order valence-electron chi connectivity index (χ0n) is 13.2. The van der Waals surface area contributed by atoms with E-state index in [0.29, 0.717) is 11.4 Å². The summed E-state index contributed by atoms with van der Waals surface area (Å²) >= 11 is 1.61. The number of benzene rings is 2. The van der Waals surface area contributed by atoms with E-state index in [1.54, 1.807) is 17.8 Å². The minimum Gasteiger partial charge on any atom is -0.321 e. The maximum Gasteiger partial charge on any atom is 0.273 e. The van der Waals surface area contributed by atoms with Crippen LogP contribution >= 0.6 is 11.8 Å². The standard InChI is InChI=1S/C18H17N3O2S/c1-24-15-9-5-6-13(12-15)19-18(23)16-10-11-17(22)21(20-16)14-7-3-2-4-8-14/h2-10,12,20H,11H2,1H3,(H,19,23). The smallest absolute Gasteiger partial charge is 0.273 e. The van der Waals surface area contributed by atoms with Crippen molar-refractivity contribution >= 4 is 35.0 Å². The minimum atomic E-state index is -0.276. The number of thioether (sulfide) groups is 1. The van der Waals surface area contributed by atoms with Crippen LogP contribution in [0.1, 0.15) is 6.42 Å². The lowest BCUT2D eigenvalue weighted by atomic mass is 10.2. The fourth-order valence-electron chi connectivity index (χ4n) is 2.34. The van der Waals surface area contributed by atoms with Gasteiger partial charge in [-0.3, -0.25) is 15.0 Å². The second kappa shape index (κ2) is 7.23. The Morgan fingerprint density at radius 1 is 1.17 bits per heavy atom. The number of para-hydroxylation sites is 1. The molecular formula is C18H17N3O2S. The molecule has 6 heteroatoms. The summed E-state index contributed by atoms with van der Waals surface area (Å²) in [6.45, 7) is 0. The molecule has 5 nitrogen and oxygen atoms in total. The van der Waals surface area contributed by atoms with Crippen LogP contribution in [0.25, 0.3) is 0 Å². The van der Waals surface area contributed by atoms with Gasteiger partial charge in [-0.25, -0.2) is 5.01 Å². The second-order valence-corrected chi connectivity index (χ2v) is 6.06. The van der Waals surface area contributed by atoms with Gasteiger partial charge in [-0.15, -0.1) is 11.8 Å². The third-order valence-electron chi connectivity index (χ3n) is 3.55. The monoisotopic (exact) mass is 339 g/mol. The first-order chi connectivity index (χ1) is 11.7. The highest BCUT2D eigenvalue weighted by Crippen LogP contribution is 2.21. The fourth-order valence-corrected chi connectivity index (χ4v) is 2.80. The Bertz CT molecular complexity index is 790. The molecule has 0 aliphatic carbocycles. The number of hydrazine groups is 1. The maximum atomic E-state index is 12.5. The molecule has 0 saturated heterocycles. The first kappa shape index (κ1) is 16.1. The quantitative estimate of drug-likeness (QED) is 0.840. The molecular weight excluding hydrogens is 322 g/mol. The van der Waals surface area contributed by atoms with Crippen molar-refractivity contribution in [3.63, 3.8) is 0 Å². The Hall–Kier alpha value is -2.73. The van der Waals surface area contributed by atoms with Crippen molar-refractivity contribution in [2.75, 3.05) is 16.6 Å². The molecule has 0 spiro atoms. The highest BCUT2D eigenvalue weighted by molar-refractivity contribution is 7.98. The van der Waals surface area contributed by atoms with E-state index in [-0.39, 0.29) is 18.2 Å². The van der Waals surface area contributed by atoms with E-state index < -0.39 is 0 Å². The van der Waals surface area contributed by atoms with E-state index in [2.05, 4.69) is 10.7 Å². The van der Waals surface area contributed by atoms with E-state index >= 15 is 0 Å². The molecule has 1 aliphatic rings. The van der Waals surface area contributed by atoms with Crippen LogP contribution in [-0.4, -0.2) is 18.1 Å². The molecule has 2 aromatic carbocycles. The molecule has 0 unspecified atom stereocenters. The van der Waals surface area contributed by atoms with Gasteiger partial charge in [0.2, 0.25) is 5.91 Å². The topological polar surface area (TPSA) is 61.4 Å². The zero-order valence-corrected chi connectivity index (χ0v) is 14.0. The van der Waals surface area contributed by atoms with Gasteiger partial charge in [0.25, 0.3) is 5.91 Å². The lowest BCUT2D eigenvalue weighted by molar-refractivity contribution is -0.119. The lowest BCUT2D eigenvalue weighted by Gasteiger charge is -2.28. The van der Waals surface area contributed by atoms with E-state index in [9.17, 15) is 9.59 Å². The summed E-state index contributed by atoms with van der Waals surface area (Å²) < 4.78 is 0. The van der Waals surface area contributed by atoms with Gasteiger partial charge in [-0.05, 0) is 42.7 Å². The van der Waals surface area contributed by atoms with Crippen molar-refractivity contribution in [2.24, 2.45) is 0 Å². The highest BCUT2D eigenvalue weighted by atomic mass is 32.2. The molecule has 122 valence electrons. The summed E-state index contributed by atoms with van der Waals surface area (Å²) in [6.07, 6.45) is 3.76. The van der Waals surface area contributed by atoms with E-state index in [1.165, 1.54) is 5.01 Å². The van der Waals surface area contributed by atoms with Crippen LogP contribution in [0.15, 0.2) is 71.3 Å². The van der Waals surface area contributed by atoms with Crippen molar-refractivity contribution in [1.29, 1.82) is 0 Å². The number of hydrogen-bond acceptors (Lipinski definition) is 4. The van der Waals surface area contributed by atoms with Crippen LogP contribution in [0, 0.1) is 0 Å². The molecule has 24 heavy (non-hydrogen) atoms. The normalized spacial score (nSPS) is 14.0. The van der Waals surface area contributed by atoms with E-state index in [4.69, 9.17) is 0 Å². The summed E-state index contributed by atoms with van der Waals surface area (Å²) in [6, 6.07) is 16.8. The molecule has 1 aliphatic heterocycles. The van der Waals surface area contributed by atoms with Gasteiger partial charge < -0.3 is 5.32 Å². The van der Waals surface area contributed by atoms with Crippen LogP contribution in [0.2, 0.25) is 0 Å². The summed E-state index contributed by atoms with van der Waals surface area (Å²) in [5.74, 6) is -0.385. The zero-order chi connectivity index (χ0) is 16.9. The first-order valence-corrected chi connectivity index (χ1v) is 8.70. The summed E-state index contributed by atoms with van der Waals surface area (Å²) in [5.41, 5.74) is 4.67. The third kappa shape index (κ3) is 3.60. The molecule has 0 fully saturated rings. The summed E-state index contributed by atoms with van der Waals surface area (Å²) in [4.78, 5) is 25.6. The predicted molar refractivity (Wildman–Crippen MR) is 96.6 cm³/mol. The predicted octanol–water partition coefficient (Wildman–Crippen LogP) is 3.17. The number of hydrogen-bond donors (Lipinski definition) is 2. The fraction of sp³-hybridized carbons (Fsp3) is 0.111. The van der Waals surface area contributed by atoms with Crippen LogP contribution in [0.5, 0.6) is 0 Å². The highest BCUT2D eigenvalue weighted by Gasteiger charge is 2.23. The van der Waals surface area contributed by atoms with Crippen molar-refractivity contribution in [3.05, 3.63) is 66.4 Å². The molecule has 0 saturated carbocycles. The van der Waals surface area contributed by atoms with Crippen molar-refractivity contribution in [1.82, 2.24) is 5.43 Å². The van der Waals surface area contributed by atoms with Crippen LogP contribution in [-0.2, 0) is 9.59 Å². The third-order valence-corrected chi connectivity index (χ3v) is 4.27. The molecule has 0 radical (unpaired) electrons. The van der Waals surface area contributed by atoms with Gasteiger partial charge in [0.05, 0.1) is 5.69 Å². The van der Waals surface area contributed by atoms with Crippen LogP contribution in [0.3, 0.4) is 0 Å². The van der Waals surface area contributed by atoms with E-state index in [0.717, 1.165) is 10.6 Å². The Balaban J connectivity index is 1.74. The van der Waals surface area contributed by atoms with Gasteiger partial charge in [0.1, 0.15) is 5.70 Å². The van der Waals surface area contributed by atoms with Crippen molar-refractivity contribution in [2.45, 2.75) is 11.3 Å². The summed E-state index contributed by atoms with van der Waals surface area (Å²) in [7, 11) is 0. The molecule has 0 aromatic heterocycles. The van der Waals surface area contributed by atoms with Gasteiger partial charge in [0, 0.05) is 17.0 Å². The SMILES string of the molecule is CSc1cccc(NC(=O)C2=CCC(=O)N(c3ccccc3)N2)c1. The van der Waals surface area contributed by atoms with Gasteiger partial charge in [0.15, 0.2) is 0 Å². The Morgan fingerprint density at radius 3 is 2.71 bits per heavy atom. The van der Waals surface area contributed by atoms with E-state index in [1.807, 2.05) is 60.9 Å². The molecule has 0 bridgehead atoms. The average Bonchev–Trinajstić information content (AvgIpc) is 2.63. The minimum absolute atomic E-state index is 0.109. The average molecular weight is 339 g/mol. The van der Waals surface area contributed by atoms with Crippen LogP contribution < -0.4 is 15.8 Å². The largest absolute Gasteiger partial charge is 0.321 e. The second-order valence-electron chi connectivity index (χ2n) is 5.18. The number of nitrogens with zero attached hydrogens (tertiary/aromatic N) is 1. The molecule has 2 aromatic rings. The Labute approximate surface area is 144 Å². The molecule has 1 heterocycles. The first-order valence-electron chi connectivity index (χ1n) is 7.47. The Morgan fingerprint density at radius 2 is 1.96 bits per heavy atom. The number of carbonyl (C=O) groups is 2. The summed E-state index contributed by atoms with van der Waals surface area (Å²) in [5, 5.41) is 4.25. The number of rotatable bonds is 4. The molecule has 3 rings (SSSR count). The Kier molecular flexibility index (Phi) is 4.86. The molecule has 0 atom stereocenters. The number of anilines is 2. The van der Waals surface area contributed by atoms with Crippen molar-refractivity contribution in [3.8, 4) is 0 Å². The number of nitrogens with one attached hydrogen (secondary N) is 2. The maximum absolute atomic E-state index is 12.5. The number of carbonyl (C=O) groups excluding carboxylic acids is 2. The van der Waals surface area contributed by atoms with Crippen molar-refractivity contribution < 1.29 is 9.59 Å². The van der Waals surface area contributed by atoms with Crippen LogP contribution in [0.4, 0.5) is 11.4 Å². The molecule has 2 amide bonds.